The van der Waals surface area contributed by atoms with Crippen LogP contribution in [0.3, 0.4) is 0 Å². The van der Waals surface area contributed by atoms with Gasteiger partial charge in [-0.2, -0.15) is 11.6 Å². The second-order valence-corrected chi connectivity index (χ2v) is 15.8. The molecule has 258 valence electrons. The molecule has 8 rings (SSSR count). The number of nitrogens with zero attached hydrogens (tertiary/aromatic N) is 4. The number of benzene rings is 4. The molecule has 50 heavy (non-hydrogen) atoms. The van der Waals surface area contributed by atoms with Crippen LogP contribution in [0, 0.1) is 18.8 Å². The number of fused-ring (bicyclic) bond motifs is 3. The van der Waals surface area contributed by atoms with E-state index in [2.05, 4.69) is 143 Å². The van der Waals surface area contributed by atoms with Crippen molar-refractivity contribution in [1.82, 2.24) is 4.98 Å². The first-order valence-electron chi connectivity index (χ1n) is 17.8. The summed E-state index contributed by atoms with van der Waals surface area (Å²) in [5.74, 6) is 0.963. The second kappa shape index (κ2) is 13.7. The van der Waals surface area contributed by atoms with Gasteiger partial charge in [-0.3, -0.25) is 0 Å². The monoisotopic (exact) mass is 838 g/mol. The molecule has 0 spiro atoms. The van der Waals surface area contributed by atoms with E-state index in [0.717, 1.165) is 11.3 Å². The van der Waals surface area contributed by atoms with Gasteiger partial charge in [0.2, 0.25) is 0 Å². The molecule has 1 aromatic heterocycles. The molecule has 4 aromatic carbocycles. The summed E-state index contributed by atoms with van der Waals surface area (Å²) >= 11 is 0. The summed E-state index contributed by atoms with van der Waals surface area (Å²) in [6.45, 7) is 21.0. The van der Waals surface area contributed by atoms with Crippen molar-refractivity contribution >= 4 is 34.1 Å². The number of rotatable bonds is 4. The Labute approximate surface area is 313 Å². The van der Waals surface area contributed by atoms with Crippen LogP contribution in [0.4, 0.5) is 34.1 Å². The van der Waals surface area contributed by atoms with Crippen LogP contribution in [0.25, 0.3) is 11.3 Å². The fourth-order valence-corrected chi connectivity index (χ4v) is 7.43. The van der Waals surface area contributed by atoms with Gasteiger partial charge >= 0.3 is 20.1 Å². The van der Waals surface area contributed by atoms with Crippen molar-refractivity contribution in [2.24, 2.45) is 0 Å². The minimum atomic E-state index is 0. The molecule has 0 amide bonds. The molecular weight excluding hydrogens is 789 g/mol. The number of hydrogen-bond donors (Lipinski definition) is 0. The van der Waals surface area contributed by atoms with E-state index in [1.54, 1.807) is 6.20 Å². The number of hydrogen-bond acceptors (Lipinski definition) is 4. The molecule has 3 heterocycles. The summed E-state index contributed by atoms with van der Waals surface area (Å²) in [5, 5.41) is 0. The molecule has 0 atom stereocenters. The second-order valence-electron chi connectivity index (χ2n) is 15.8. The average Bonchev–Trinajstić information content (AvgIpc) is 3.50. The Balaban J connectivity index is 0.000000281. The number of pyridine rings is 1. The quantitative estimate of drug-likeness (QED) is 0.168. The summed E-state index contributed by atoms with van der Waals surface area (Å²) in [5.41, 5.74) is 15.3. The summed E-state index contributed by atoms with van der Waals surface area (Å²) in [6.07, 6.45) is 4.18. The molecule has 5 aromatic rings. The van der Waals surface area contributed by atoms with E-state index in [4.69, 9.17) is 0 Å². The molecule has 0 saturated heterocycles. The summed E-state index contributed by atoms with van der Waals surface area (Å²) < 4.78 is 0. The van der Waals surface area contributed by atoms with E-state index < -0.39 is 0 Å². The van der Waals surface area contributed by atoms with Crippen molar-refractivity contribution in [2.45, 2.75) is 90.9 Å². The smallest absolute Gasteiger partial charge is 0.490 e. The molecule has 1 aliphatic carbocycles. The van der Waals surface area contributed by atoms with Crippen LogP contribution in [0.15, 0.2) is 91.1 Å². The van der Waals surface area contributed by atoms with Crippen LogP contribution < -0.4 is 14.7 Å². The first kappa shape index (κ1) is 35.9. The molecular formula is C45H49IrN4. The maximum Gasteiger partial charge on any atom is 3.00 e. The van der Waals surface area contributed by atoms with Crippen LogP contribution in [-0.4, -0.2) is 12.0 Å². The average molecular weight is 838 g/mol. The third-order valence-electron chi connectivity index (χ3n) is 10.7. The molecule has 0 unspecified atom stereocenters. The maximum atomic E-state index is 4.22. The van der Waals surface area contributed by atoms with E-state index in [9.17, 15) is 0 Å². The van der Waals surface area contributed by atoms with Crippen LogP contribution in [0.1, 0.15) is 102 Å². The van der Waals surface area contributed by atoms with Gasteiger partial charge in [-0.25, -0.2) is 0 Å². The molecule has 3 aliphatic rings. The van der Waals surface area contributed by atoms with Gasteiger partial charge < -0.3 is 19.7 Å². The molecule has 0 fully saturated rings. The maximum absolute atomic E-state index is 4.22. The SMILES string of the molecule is CC(C)c1cc(C(C)C)cc(N2[CH-]N3c4[c-]c5c(cc4N(C)c4cccc2c43)C(C)(C)CCC5(C)C)c1.[Ir+3].[c-]1ccccc1-c1ccccn1. The van der Waals surface area contributed by atoms with Crippen molar-refractivity contribution in [2.75, 3.05) is 21.7 Å². The van der Waals surface area contributed by atoms with Crippen LogP contribution in [0.5, 0.6) is 0 Å². The van der Waals surface area contributed by atoms with Crippen molar-refractivity contribution < 1.29 is 20.1 Å². The Kier molecular flexibility index (Phi) is 9.80. The zero-order chi connectivity index (χ0) is 34.7. The fourth-order valence-electron chi connectivity index (χ4n) is 7.43. The zero-order valence-electron chi connectivity index (χ0n) is 30.9. The Morgan fingerprint density at radius 1 is 0.740 bits per heavy atom. The molecule has 4 nitrogen and oxygen atoms in total. The molecule has 5 heteroatoms. The van der Waals surface area contributed by atoms with Crippen LogP contribution in [0.2, 0.25) is 0 Å². The third-order valence-corrected chi connectivity index (χ3v) is 10.7. The number of para-hydroxylation sites is 1. The van der Waals surface area contributed by atoms with Gasteiger partial charge in [0, 0.05) is 17.6 Å². The summed E-state index contributed by atoms with van der Waals surface area (Å²) in [4.78, 5) is 11.4. The van der Waals surface area contributed by atoms with Crippen molar-refractivity contribution in [3.8, 4) is 11.3 Å². The topological polar surface area (TPSA) is 22.6 Å². The first-order valence-corrected chi connectivity index (χ1v) is 17.8. The van der Waals surface area contributed by atoms with Gasteiger partial charge in [0.25, 0.3) is 0 Å². The Hall–Kier alpha value is -3.92. The number of anilines is 6. The first-order chi connectivity index (χ1) is 23.4. The van der Waals surface area contributed by atoms with Gasteiger partial charge in [0.05, 0.1) is 11.4 Å². The van der Waals surface area contributed by atoms with Crippen molar-refractivity contribution in [1.29, 1.82) is 0 Å². The fraction of sp³-hybridized carbons (Fsp3) is 0.333. The van der Waals surface area contributed by atoms with Gasteiger partial charge in [0.1, 0.15) is 0 Å². The Bertz CT molecular complexity index is 1920. The third kappa shape index (κ3) is 6.40. The Morgan fingerprint density at radius 2 is 1.42 bits per heavy atom. The summed E-state index contributed by atoms with van der Waals surface area (Å²) in [7, 11) is 2.21. The Morgan fingerprint density at radius 3 is 2.06 bits per heavy atom. The largest absolute Gasteiger partial charge is 3.00 e. The zero-order valence-corrected chi connectivity index (χ0v) is 33.3. The summed E-state index contributed by atoms with van der Waals surface area (Å²) in [6, 6.07) is 37.1. The van der Waals surface area contributed by atoms with E-state index >= 15 is 0 Å². The molecule has 0 N–H and O–H groups in total. The predicted molar refractivity (Wildman–Crippen MR) is 207 cm³/mol. The van der Waals surface area contributed by atoms with E-state index in [0.29, 0.717) is 11.8 Å². The van der Waals surface area contributed by atoms with E-state index in [1.807, 2.05) is 42.5 Å². The number of aromatic nitrogens is 1. The van der Waals surface area contributed by atoms with E-state index in [-0.39, 0.29) is 30.9 Å². The van der Waals surface area contributed by atoms with Gasteiger partial charge in [-0.15, -0.1) is 54.2 Å². The van der Waals surface area contributed by atoms with Crippen LogP contribution in [-0.2, 0) is 30.9 Å². The van der Waals surface area contributed by atoms with Gasteiger partial charge in [-0.1, -0.05) is 97.2 Å². The normalized spacial score (nSPS) is 16.3. The minimum Gasteiger partial charge on any atom is -0.490 e. The molecule has 2 aliphatic heterocycles. The van der Waals surface area contributed by atoms with Gasteiger partial charge in [0.15, 0.2) is 0 Å². The predicted octanol–water partition coefficient (Wildman–Crippen LogP) is 12.1. The van der Waals surface area contributed by atoms with Crippen LogP contribution >= 0.6 is 0 Å². The molecule has 0 saturated carbocycles. The van der Waals surface area contributed by atoms with E-state index in [1.165, 1.54) is 69.2 Å². The standard InChI is InChI=1S/C34H41N3.C11H8N.Ir/c1-21(2)23-15-24(22(3)4)17-25(16-23)36-20-37-31-19-27-26(33(5,6)13-14-34(27,7)8)18-30(31)35(9)28-11-10-12-29(36)32(28)37;1-2-6-10(7-3-1)11-8-4-5-9-12-11;/h10-12,15-18,20-22H,13-14H2,1-9H3;1-6,8-9H;/q-2;-1;+3. The minimum absolute atomic E-state index is 0. The molecule has 0 radical (unpaired) electrons. The van der Waals surface area contributed by atoms with Crippen molar-refractivity contribution in [3.05, 3.63) is 132 Å². The van der Waals surface area contributed by atoms with Crippen molar-refractivity contribution in [3.63, 3.8) is 0 Å². The van der Waals surface area contributed by atoms with Gasteiger partial charge in [-0.05, 0) is 83.6 Å². The molecule has 0 bridgehead atoms.